The monoisotopic (exact) mass is 136 g/mol. The Morgan fingerprint density at radius 3 is 1.75 bits per heavy atom. The minimum absolute atomic E-state index is 0.157. The maximum atomic E-state index is 10.1. The van der Waals surface area contributed by atoms with Crippen molar-refractivity contribution >= 4 is 8.46 Å². The van der Waals surface area contributed by atoms with Crippen LogP contribution in [0.15, 0.2) is 0 Å². The van der Waals surface area contributed by atoms with E-state index in [-0.39, 0.29) is 8.46 Å². The van der Waals surface area contributed by atoms with Crippen molar-refractivity contribution in [1.82, 2.24) is 0 Å². The lowest BCUT2D eigenvalue weighted by molar-refractivity contribution is -0.124. The van der Waals surface area contributed by atoms with Gasteiger partial charge < -0.3 is 9.47 Å². The fraction of sp³-hybridized carbons (Fsp3) is 1.00. The molecule has 0 aliphatic heterocycles. The van der Waals surface area contributed by atoms with Crippen molar-refractivity contribution in [3.8, 4) is 0 Å². The molecule has 0 aromatic rings. The highest BCUT2D eigenvalue weighted by Crippen LogP contribution is 2.22. The van der Waals surface area contributed by atoms with E-state index in [1.54, 1.807) is 6.92 Å². The molecule has 0 unspecified atom stereocenters. The van der Waals surface area contributed by atoms with Crippen LogP contribution in [0.3, 0.4) is 0 Å². The highest BCUT2D eigenvalue weighted by atomic mass is 31.1. The van der Waals surface area contributed by atoms with E-state index in [0.29, 0.717) is 0 Å². The van der Waals surface area contributed by atoms with Gasteiger partial charge in [0.2, 0.25) is 14.0 Å². The van der Waals surface area contributed by atoms with Crippen LogP contribution in [0, 0.1) is 0 Å². The third-order valence-corrected chi connectivity index (χ3v) is 1.62. The van der Waals surface area contributed by atoms with Crippen LogP contribution in [0.5, 0.6) is 0 Å². The van der Waals surface area contributed by atoms with E-state index in [1.165, 1.54) is 14.2 Å². The number of methoxy groups -OCH3 is 2. The van der Waals surface area contributed by atoms with E-state index >= 15 is 0 Å². The lowest BCUT2D eigenvalue weighted by atomic mass is 10.7. The van der Waals surface area contributed by atoms with E-state index in [0.717, 1.165) is 0 Å². The summed E-state index contributed by atoms with van der Waals surface area (Å²) in [5, 5.41) is 0. The third-order valence-electron chi connectivity index (χ3n) is 0.923. The zero-order chi connectivity index (χ0) is 6.62. The van der Waals surface area contributed by atoms with E-state index in [9.17, 15) is 4.57 Å². The molecule has 0 fully saturated rings. The Morgan fingerprint density at radius 2 is 1.75 bits per heavy atom. The van der Waals surface area contributed by atoms with Crippen molar-refractivity contribution in [3.05, 3.63) is 0 Å². The Hall–Kier alpha value is 0.0200. The summed E-state index contributed by atoms with van der Waals surface area (Å²) in [7, 11) is 2.72. The van der Waals surface area contributed by atoms with E-state index in [2.05, 4.69) is 9.47 Å². The molecule has 0 aromatic carbocycles. The van der Waals surface area contributed by atoms with Gasteiger partial charge in [-0.1, -0.05) is 0 Å². The number of ether oxygens (including phenoxy) is 2. The van der Waals surface area contributed by atoms with Crippen molar-refractivity contribution in [3.63, 3.8) is 0 Å². The molecule has 0 aliphatic rings. The molecular weight excluding hydrogens is 127 g/mol. The van der Waals surface area contributed by atoms with Gasteiger partial charge in [0.1, 0.15) is 0 Å². The van der Waals surface area contributed by atoms with E-state index in [1.807, 2.05) is 0 Å². The highest BCUT2D eigenvalue weighted by molar-refractivity contribution is 7.25. The zero-order valence-corrected chi connectivity index (χ0v) is 6.07. The molecule has 0 saturated carbocycles. The topological polar surface area (TPSA) is 35.5 Å². The van der Waals surface area contributed by atoms with Gasteiger partial charge in [-0.15, -0.1) is 0 Å². The smallest absolute Gasteiger partial charge is 0.247 e. The van der Waals surface area contributed by atoms with Gasteiger partial charge in [-0.2, -0.15) is 0 Å². The molecule has 0 rings (SSSR count). The zero-order valence-electron chi connectivity index (χ0n) is 5.17. The molecule has 0 spiro atoms. The Morgan fingerprint density at radius 1 is 1.38 bits per heavy atom. The van der Waals surface area contributed by atoms with Crippen molar-refractivity contribution in [1.29, 1.82) is 0 Å². The van der Waals surface area contributed by atoms with Crippen molar-refractivity contribution < 1.29 is 14.0 Å². The molecule has 0 bridgehead atoms. The second-order valence-corrected chi connectivity index (χ2v) is 2.39. The Balaban J connectivity index is 3.76. The van der Waals surface area contributed by atoms with Crippen LogP contribution in [0.2, 0.25) is 0 Å². The van der Waals surface area contributed by atoms with Gasteiger partial charge >= 0.3 is 0 Å². The van der Waals surface area contributed by atoms with Gasteiger partial charge in [0.15, 0.2) is 0 Å². The van der Waals surface area contributed by atoms with Gasteiger partial charge in [0, 0.05) is 21.1 Å². The summed E-state index contributed by atoms with van der Waals surface area (Å²) in [5.74, 6) is 0. The van der Waals surface area contributed by atoms with Crippen LogP contribution in [0.1, 0.15) is 6.92 Å². The normalized spacial score (nSPS) is 12.4. The SMILES string of the molecule is COC(C)(OC)P=O. The lowest BCUT2D eigenvalue weighted by Gasteiger charge is -2.16. The molecular formula is C4H9O3P. The fourth-order valence-corrected chi connectivity index (χ4v) is 0.307. The molecule has 48 valence electrons. The van der Waals surface area contributed by atoms with Gasteiger partial charge in [0.25, 0.3) is 0 Å². The number of rotatable bonds is 3. The van der Waals surface area contributed by atoms with Crippen LogP contribution in [0.25, 0.3) is 0 Å². The first-order valence-corrected chi connectivity index (χ1v) is 2.94. The Labute approximate surface area is 50.2 Å². The average molecular weight is 136 g/mol. The summed E-state index contributed by atoms with van der Waals surface area (Å²) in [6, 6.07) is 0. The average Bonchev–Trinajstić information content (AvgIpc) is 1.87. The standard InChI is InChI=1S/C4H9O3P/c1-4(6-2,7-3)8-5/h1-3H3. The predicted octanol–water partition coefficient (Wildman–Crippen LogP) is 1.24. The molecule has 0 atom stereocenters. The third kappa shape index (κ3) is 1.86. The Kier molecular flexibility index (Phi) is 3.13. The maximum Gasteiger partial charge on any atom is 0.247 e. The molecule has 3 nitrogen and oxygen atoms in total. The van der Waals surface area contributed by atoms with E-state index < -0.39 is 5.53 Å². The second kappa shape index (κ2) is 3.13. The van der Waals surface area contributed by atoms with Gasteiger partial charge in [0.05, 0.1) is 0 Å². The summed E-state index contributed by atoms with van der Waals surface area (Å²) >= 11 is 0. The summed E-state index contributed by atoms with van der Waals surface area (Å²) in [4.78, 5) is 0. The maximum absolute atomic E-state index is 10.1. The minimum Gasteiger partial charge on any atom is -0.344 e. The van der Waals surface area contributed by atoms with Crippen LogP contribution < -0.4 is 0 Å². The molecule has 0 N–H and O–H groups in total. The van der Waals surface area contributed by atoms with Crippen molar-refractivity contribution in [2.24, 2.45) is 0 Å². The molecule has 0 aliphatic carbocycles. The van der Waals surface area contributed by atoms with Crippen LogP contribution in [-0.4, -0.2) is 19.7 Å². The summed E-state index contributed by atoms with van der Waals surface area (Å²) < 4.78 is 19.5. The molecule has 0 aromatic heterocycles. The molecule has 4 heteroatoms. The predicted molar refractivity (Wildman–Crippen MR) is 30.0 cm³/mol. The van der Waals surface area contributed by atoms with Gasteiger partial charge in [-0.05, 0) is 0 Å². The second-order valence-electron chi connectivity index (χ2n) is 1.40. The highest BCUT2D eigenvalue weighted by Gasteiger charge is 2.22. The van der Waals surface area contributed by atoms with Crippen LogP contribution in [0.4, 0.5) is 0 Å². The van der Waals surface area contributed by atoms with Crippen molar-refractivity contribution in [2.75, 3.05) is 14.2 Å². The van der Waals surface area contributed by atoms with Gasteiger partial charge in [-0.25, -0.2) is 0 Å². The summed E-state index contributed by atoms with van der Waals surface area (Å²) in [6.07, 6.45) is 0. The molecule has 8 heavy (non-hydrogen) atoms. The molecule has 0 heterocycles. The van der Waals surface area contributed by atoms with Gasteiger partial charge in [-0.3, -0.25) is 4.57 Å². The number of hydrogen-bond donors (Lipinski definition) is 0. The fourth-order valence-electron chi connectivity index (χ4n) is 0.158. The first kappa shape index (κ1) is 8.02. The number of hydrogen-bond acceptors (Lipinski definition) is 3. The van der Waals surface area contributed by atoms with Crippen LogP contribution >= 0.6 is 8.46 Å². The largest absolute Gasteiger partial charge is 0.344 e. The van der Waals surface area contributed by atoms with Crippen LogP contribution in [-0.2, 0) is 14.0 Å². The molecule has 0 amide bonds. The minimum atomic E-state index is -0.958. The quantitative estimate of drug-likeness (QED) is 0.432. The first-order chi connectivity index (χ1) is 3.68. The molecule has 0 saturated heterocycles. The summed E-state index contributed by atoms with van der Waals surface area (Å²) in [5.41, 5.74) is -0.958. The summed E-state index contributed by atoms with van der Waals surface area (Å²) in [6.45, 7) is 1.58. The molecule has 0 radical (unpaired) electrons. The van der Waals surface area contributed by atoms with Crippen molar-refractivity contribution in [2.45, 2.75) is 12.5 Å². The lowest BCUT2D eigenvalue weighted by Crippen LogP contribution is -2.20. The Bertz CT molecular complexity index is 79.4. The first-order valence-electron chi connectivity index (χ1n) is 2.13. The van der Waals surface area contributed by atoms with E-state index in [4.69, 9.17) is 0 Å².